The fraction of sp³-hybridized carbons (Fsp3) is 0.182. The van der Waals surface area contributed by atoms with Gasteiger partial charge in [0.25, 0.3) is 0 Å². The molecule has 5 N–H and O–H groups in total. The molecule has 1 aromatic rings. The van der Waals surface area contributed by atoms with E-state index in [1.807, 2.05) is 0 Å². The lowest BCUT2D eigenvalue weighted by Crippen LogP contribution is -2.36. The number of hydrogen-bond donors (Lipinski definition) is 4. The summed E-state index contributed by atoms with van der Waals surface area (Å²) in [6, 6.07) is 4.04. The minimum Gasteiger partial charge on any atom is -0.478 e. The number of hydrogen-bond acceptors (Lipinski definition) is 4. The largest absolute Gasteiger partial charge is 0.478 e. The summed E-state index contributed by atoms with van der Waals surface area (Å²) in [6.45, 7) is -0.522. The molecule has 0 spiro atoms. The third-order valence-electron chi connectivity index (χ3n) is 2.12. The molecular weight excluding hydrogens is 274 g/mol. The highest BCUT2D eigenvalue weighted by atomic mass is 35.5. The van der Waals surface area contributed by atoms with Crippen LogP contribution in [0.4, 0.5) is 5.69 Å². The van der Waals surface area contributed by atoms with E-state index in [1.54, 1.807) is 0 Å². The molecule has 0 unspecified atom stereocenters. The average Bonchev–Trinajstić information content (AvgIpc) is 2.37. The molecule has 1 rings (SSSR count). The normalized spacial score (nSPS) is 9.79. The third kappa shape index (κ3) is 4.57. The van der Waals surface area contributed by atoms with E-state index >= 15 is 0 Å². The van der Waals surface area contributed by atoms with E-state index in [9.17, 15) is 14.4 Å². The van der Waals surface area contributed by atoms with Crippen molar-refractivity contribution in [2.24, 2.45) is 5.73 Å². The van der Waals surface area contributed by atoms with Crippen molar-refractivity contribution in [1.82, 2.24) is 5.32 Å². The molecule has 2 amide bonds. The van der Waals surface area contributed by atoms with E-state index in [0.717, 1.165) is 0 Å². The topological polar surface area (TPSA) is 122 Å². The van der Waals surface area contributed by atoms with E-state index in [4.69, 9.17) is 22.4 Å². The van der Waals surface area contributed by atoms with E-state index in [1.165, 1.54) is 18.2 Å². The zero-order valence-corrected chi connectivity index (χ0v) is 10.5. The van der Waals surface area contributed by atoms with Crippen LogP contribution in [0.25, 0.3) is 0 Å². The lowest BCUT2D eigenvalue weighted by atomic mass is 10.2. The standard InChI is InChI=1S/C11H12ClN3O4/c12-6-1-2-8(7(3-6)11(18)19)15-10(17)5-14-9(16)4-13/h1-3H,4-5,13H2,(H,14,16)(H,15,17)(H,18,19). The van der Waals surface area contributed by atoms with E-state index in [2.05, 4.69) is 10.6 Å². The maximum Gasteiger partial charge on any atom is 0.337 e. The number of nitrogens with two attached hydrogens (primary N) is 1. The molecule has 0 saturated heterocycles. The molecule has 0 radical (unpaired) electrons. The molecule has 0 aliphatic heterocycles. The summed E-state index contributed by atoms with van der Waals surface area (Å²) in [5, 5.41) is 13.8. The molecule has 0 aromatic heterocycles. The van der Waals surface area contributed by atoms with E-state index < -0.39 is 17.8 Å². The summed E-state index contributed by atoms with van der Waals surface area (Å²) in [4.78, 5) is 33.3. The Hall–Kier alpha value is -2.12. The third-order valence-corrected chi connectivity index (χ3v) is 2.35. The highest BCUT2D eigenvalue weighted by Crippen LogP contribution is 2.20. The molecule has 0 heterocycles. The van der Waals surface area contributed by atoms with Crippen molar-refractivity contribution in [3.05, 3.63) is 28.8 Å². The Kier molecular flexibility index (Phi) is 5.28. The van der Waals surface area contributed by atoms with Gasteiger partial charge in [-0.05, 0) is 18.2 Å². The fourth-order valence-corrected chi connectivity index (χ4v) is 1.42. The van der Waals surface area contributed by atoms with Crippen LogP contribution in [0, 0.1) is 0 Å². The number of carbonyl (C=O) groups is 3. The van der Waals surface area contributed by atoms with Gasteiger partial charge >= 0.3 is 5.97 Å². The van der Waals surface area contributed by atoms with Gasteiger partial charge in [-0.15, -0.1) is 0 Å². The van der Waals surface area contributed by atoms with Crippen LogP contribution in [0.15, 0.2) is 18.2 Å². The fourth-order valence-electron chi connectivity index (χ4n) is 1.25. The minimum atomic E-state index is -1.22. The molecule has 102 valence electrons. The number of rotatable bonds is 5. The molecule has 0 saturated carbocycles. The van der Waals surface area contributed by atoms with Gasteiger partial charge in [0.05, 0.1) is 24.3 Å². The Morgan fingerprint density at radius 2 is 1.95 bits per heavy atom. The summed E-state index contributed by atoms with van der Waals surface area (Å²) in [6.07, 6.45) is 0. The smallest absolute Gasteiger partial charge is 0.337 e. The predicted molar refractivity (Wildman–Crippen MR) is 69.1 cm³/mol. The van der Waals surface area contributed by atoms with E-state index in [-0.39, 0.29) is 29.4 Å². The molecule has 0 fully saturated rings. The Balaban J connectivity index is 2.74. The zero-order chi connectivity index (χ0) is 14.4. The highest BCUT2D eigenvalue weighted by molar-refractivity contribution is 6.31. The molecular formula is C11H12ClN3O4. The van der Waals surface area contributed by atoms with Crippen molar-refractivity contribution in [3.8, 4) is 0 Å². The van der Waals surface area contributed by atoms with Crippen molar-refractivity contribution in [2.45, 2.75) is 0 Å². The number of benzene rings is 1. The number of carboxylic acids is 1. The van der Waals surface area contributed by atoms with Crippen molar-refractivity contribution >= 4 is 35.1 Å². The Bertz CT molecular complexity index is 519. The van der Waals surface area contributed by atoms with Crippen LogP contribution in [-0.2, 0) is 9.59 Å². The maximum atomic E-state index is 11.5. The number of anilines is 1. The summed E-state index contributed by atoms with van der Waals surface area (Å²) in [5.41, 5.74) is 5.02. The van der Waals surface area contributed by atoms with Gasteiger partial charge in [-0.25, -0.2) is 4.79 Å². The van der Waals surface area contributed by atoms with Crippen molar-refractivity contribution < 1.29 is 19.5 Å². The molecule has 0 bridgehead atoms. The SMILES string of the molecule is NCC(=O)NCC(=O)Nc1ccc(Cl)cc1C(=O)O. The first-order valence-corrected chi connectivity index (χ1v) is 5.61. The first-order chi connectivity index (χ1) is 8.93. The Morgan fingerprint density at radius 1 is 1.26 bits per heavy atom. The number of carbonyl (C=O) groups excluding carboxylic acids is 2. The first-order valence-electron chi connectivity index (χ1n) is 5.23. The van der Waals surface area contributed by atoms with Gasteiger partial charge in [0.2, 0.25) is 11.8 Å². The second-order valence-electron chi connectivity index (χ2n) is 3.52. The van der Waals surface area contributed by atoms with Crippen molar-refractivity contribution in [3.63, 3.8) is 0 Å². The van der Waals surface area contributed by atoms with Crippen molar-refractivity contribution in [1.29, 1.82) is 0 Å². The number of halogens is 1. The van der Waals surface area contributed by atoms with Crippen LogP contribution < -0.4 is 16.4 Å². The van der Waals surface area contributed by atoms with Crippen LogP contribution in [0.2, 0.25) is 5.02 Å². The van der Waals surface area contributed by atoms with Crippen LogP contribution in [0.1, 0.15) is 10.4 Å². The molecule has 19 heavy (non-hydrogen) atoms. The first kappa shape index (κ1) is 14.9. The van der Waals surface area contributed by atoms with Crippen LogP contribution >= 0.6 is 11.6 Å². The van der Waals surface area contributed by atoms with E-state index in [0.29, 0.717) is 0 Å². The van der Waals surface area contributed by atoms with Gasteiger partial charge in [-0.3, -0.25) is 9.59 Å². The quantitative estimate of drug-likeness (QED) is 0.609. The molecule has 0 aliphatic rings. The van der Waals surface area contributed by atoms with Gasteiger partial charge in [-0.1, -0.05) is 11.6 Å². The summed E-state index contributed by atoms with van der Waals surface area (Å²) < 4.78 is 0. The monoisotopic (exact) mass is 285 g/mol. The van der Waals surface area contributed by atoms with Gasteiger partial charge in [0.15, 0.2) is 0 Å². The molecule has 0 atom stereocenters. The van der Waals surface area contributed by atoms with Crippen LogP contribution in [0.5, 0.6) is 0 Å². The van der Waals surface area contributed by atoms with Gasteiger partial charge in [-0.2, -0.15) is 0 Å². The predicted octanol–water partition coefficient (Wildman–Crippen LogP) is 0.0516. The van der Waals surface area contributed by atoms with Gasteiger partial charge < -0.3 is 21.5 Å². The second-order valence-corrected chi connectivity index (χ2v) is 3.96. The summed E-state index contributed by atoms with van der Waals surface area (Å²) in [5.74, 6) is -2.26. The summed E-state index contributed by atoms with van der Waals surface area (Å²) >= 11 is 5.67. The molecule has 1 aromatic carbocycles. The molecule has 7 nitrogen and oxygen atoms in total. The average molecular weight is 286 g/mol. The second kappa shape index (κ2) is 6.72. The number of aromatic carboxylic acids is 1. The Labute approximate surface area is 113 Å². The van der Waals surface area contributed by atoms with Crippen LogP contribution in [-0.4, -0.2) is 36.0 Å². The highest BCUT2D eigenvalue weighted by Gasteiger charge is 2.13. The summed E-state index contributed by atoms with van der Waals surface area (Å²) in [7, 11) is 0. The maximum absolute atomic E-state index is 11.5. The molecule has 8 heteroatoms. The Morgan fingerprint density at radius 3 is 2.53 bits per heavy atom. The van der Waals surface area contributed by atoms with Gasteiger partial charge in [0.1, 0.15) is 0 Å². The molecule has 0 aliphatic carbocycles. The minimum absolute atomic E-state index is 0.101. The number of carboxylic acid groups (broad SMARTS) is 1. The van der Waals surface area contributed by atoms with Crippen molar-refractivity contribution in [2.75, 3.05) is 18.4 Å². The lowest BCUT2D eigenvalue weighted by molar-refractivity contribution is -0.123. The number of amides is 2. The number of nitrogens with one attached hydrogen (secondary N) is 2. The zero-order valence-electron chi connectivity index (χ0n) is 9.77. The van der Waals surface area contributed by atoms with Crippen LogP contribution in [0.3, 0.4) is 0 Å². The van der Waals surface area contributed by atoms with Gasteiger partial charge in [0, 0.05) is 5.02 Å². The lowest BCUT2D eigenvalue weighted by Gasteiger charge is -2.09.